The van der Waals surface area contributed by atoms with E-state index >= 15 is 0 Å². The highest BCUT2D eigenvalue weighted by Gasteiger charge is 2.61. The highest BCUT2D eigenvalue weighted by molar-refractivity contribution is 5.91. The van der Waals surface area contributed by atoms with Crippen molar-refractivity contribution in [2.45, 2.75) is 89.2 Å². The summed E-state index contributed by atoms with van der Waals surface area (Å²) in [5.41, 5.74) is -0.554. The normalized spacial score (nSPS) is 46.5. The molecular formula is C22H28O8. The van der Waals surface area contributed by atoms with Crippen LogP contribution in [-0.4, -0.2) is 59.6 Å². The van der Waals surface area contributed by atoms with Crippen LogP contribution in [0.1, 0.15) is 47.5 Å². The third-order valence-electron chi connectivity index (χ3n) is 6.78. The van der Waals surface area contributed by atoms with Crippen LogP contribution in [0.25, 0.3) is 0 Å². The second-order valence-corrected chi connectivity index (χ2v) is 9.10. The van der Waals surface area contributed by atoms with Gasteiger partial charge >= 0.3 is 17.9 Å². The zero-order valence-electron chi connectivity index (χ0n) is 17.9. The quantitative estimate of drug-likeness (QED) is 0.225. The van der Waals surface area contributed by atoms with Crippen LogP contribution in [0.2, 0.25) is 0 Å². The van der Waals surface area contributed by atoms with E-state index < -0.39 is 53.3 Å². The van der Waals surface area contributed by atoms with Gasteiger partial charge in [-0.2, -0.15) is 0 Å². The molecule has 8 nitrogen and oxygen atoms in total. The standard InChI is InChI=1S/C22H28O8/c1-10-7-15-18(11(2)19(24)27-15)16(28-20(25)22(6)12(3)29-22)9-21(5)17(30-21)8-14(10)26-13(4)23/h7,12,14-18H,2,8-9H2,1,3-6H3/b10-7-/t12-,14-,15+,16+,17+,18-,21+,22-/m0/s1. The van der Waals surface area contributed by atoms with Crippen molar-refractivity contribution in [1.29, 1.82) is 0 Å². The van der Waals surface area contributed by atoms with Gasteiger partial charge in [-0.05, 0) is 39.3 Å². The fraction of sp³-hybridized carbons (Fsp3) is 0.682. The van der Waals surface area contributed by atoms with Crippen LogP contribution in [0.4, 0.5) is 0 Å². The molecule has 164 valence electrons. The summed E-state index contributed by atoms with van der Waals surface area (Å²) in [4.78, 5) is 36.7. The molecule has 0 amide bonds. The summed E-state index contributed by atoms with van der Waals surface area (Å²) in [6, 6.07) is 0. The van der Waals surface area contributed by atoms with Gasteiger partial charge in [-0.3, -0.25) is 4.79 Å². The largest absolute Gasteiger partial charge is 0.459 e. The number of hydrogen-bond acceptors (Lipinski definition) is 8. The smallest absolute Gasteiger partial charge is 0.341 e. The summed E-state index contributed by atoms with van der Waals surface area (Å²) in [5, 5.41) is 0. The molecule has 0 N–H and O–H groups in total. The average Bonchev–Trinajstić information content (AvgIpc) is 3.43. The maximum Gasteiger partial charge on any atom is 0.341 e. The van der Waals surface area contributed by atoms with E-state index in [9.17, 15) is 14.4 Å². The van der Waals surface area contributed by atoms with Gasteiger partial charge in [-0.25, -0.2) is 9.59 Å². The SMILES string of the molecule is C=C1C(=O)O[C@@H]2/C=C(/C)[C@@H](OC(C)=O)C[C@H]3O[C@]3(C)C[C@@H](OC(=O)[C@@]3(C)O[C@H]3C)[C@@H]12. The monoisotopic (exact) mass is 420 g/mol. The van der Waals surface area contributed by atoms with E-state index in [2.05, 4.69) is 6.58 Å². The third kappa shape index (κ3) is 3.56. The molecule has 4 aliphatic rings. The van der Waals surface area contributed by atoms with Gasteiger partial charge in [-0.1, -0.05) is 6.58 Å². The average molecular weight is 420 g/mol. The van der Waals surface area contributed by atoms with E-state index in [1.807, 2.05) is 13.8 Å². The van der Waals surface area contributed by atoms with Gasteiger partial charge in [0.2, 0.25) is 0 Å². The molecule has 1 aliphatic carbocycles. The van der Waals surface area contributed by atoms with Crippen molar-refractivity contribution in [1.82, 2.24) is 0 Å². The van der Waals surface area contributed by atoms with Gasteiger partial charge in [0.1, 0.15) is 18.3 Å². The van der Waals surface area contributed by atoms with E-state index in [4.69, 9.17) is 23.7 Å². The Labute approximate surface area is 175 Å². The Balaban J connectivity index is 1.67. The zero-order valence-corrected chi connectivity index (χ0v) is 17.9. The zero-order chi connectivity index (χ0) is 22.0. The number of fused-ring (bicyclic) bond motifs is 2. The Hall–Kier alpha value is -2.19. The van der Waals surface area contributed by atoms with E-state index in [1.54, 1.807) is 19.9 Å². The van der Waals surface area contributed by atoms with E-state index in [1.165, 1.54) is 6.92 Å². The molecule has 8 atom stereocenters. The lowest BCUT2D eigenvalue weighted by Crippen LogP contribution is -2.40. The van der Waals surface area contributed by atoms with Crippen LogP contribution in [0.3, 0.4) is 0 Å². The van der Waals surface area contributed by atoms with E-state index in [-0.39, 0.29) is 17.8 Å². The minimum absolute atomic E-state index is 0.166. The van der Waals surface area contributed by atoms with Crippen molar-refractivity contribution in [3.05, 3.63) is 23.8 Å². The molecule has 0 aromatic heterocycles. The lowest BCUT2D eigenvalue weighted by atomic mass is 9.82. The van der Waals surface area contributed by atoms with Crippen LogP contribution in [-0.2, 0) is 38.1 Å². The Kier molecular flexibility index (Phi) is 4.86. The molecule has 3 heterocycles. The van der Waals surface area contributed by atoms with Gasteiger partial charge in [-0.15, -0.1) is 0 Å². The van der Waals surface area contributed by atoms with E-state index in [0.717, 1.165) is 5.57 Å². The molecule has 3 saturated heterocycles. The highest BCUT2D eigenvalue weighted by atomic mass is 16.7. The first-order valence-corrected chi connectivity index (χ1v) is 10.3. The predicted octanol–water partition coefficient (Wildman–Crippen LogP) is 2.00. The van der Waals surface area contributed by atoms with Gasteiger partial charge in [0.15, 0.2) is 5.60 Å². The second-order valence-electron chi connectivity index (χ2n) is 9.10. The Morgan fingerprint density at radius 1 is 1.23 bits per heavy atom. The Morgan fingerprint density at radius 2 is 1.90 bits per heavy atom. The van der Waals surface area contributed by atoms with Gasteiger partial charge < -0.3 is 23.7 Å². The molecule has 0 saturated carbocycles. The van der Waals surface area contributed by atoms with Crippen LogP contribution in [0, 0.1) is 5.92 Å². The molecule has 0 aromatic rings. The number of rotatable bonds is 3. The summed E-state index contributed by atoms with van der Waals surface area (Å²) in [6.45, 7) is 12.5. The minimum Gasteiger partial charge on any atom is -0.459 e. The third-order valence-corrected chi connectivity index (χ3v) is 6.78. The number of carbonyl (C=O) groups excluding carboxylic acids is 3. The van der Waals surface area contributed by atoms with Crippen molar-refractivity contribution >= 4 is 17.9 Å². The maximum absolute atomic E-state index is 12.8. The molecule has 8 heteroatoms. The van der Waals surface area contributed by atoms with Crippen molar-refractivity contribution in [3.8, 4) is 0 Å². The minimum atomic E-state index is -0.980. The molecule has 0 unspecified atom stereocenters. The fourth-order valence-corrected chi connectivity index (χ4v) is 4.48. The molecule has 3 fully saturated rings. The van der Waals surface area contributed by atoms with Crippen molar-refractivity contribution in [2.24, 2.45) is 5.92 Å². The second kappa shape index (κ2) is 6.92. The van der Waals surface area contributed by atoms with Crippen LogP contribution >= 0.6 is 0 Å². The summed E-state index contributed by atoms with van der Waals surface area (Å²) < 4.78 is 28.3. The molecule has 3 aliphatic heterocycles. The predicted molar refractivity (Wildman–Crippen MR) is 103 cm³/mol. The first kappa shape index (κ1) is 21.1. The number of esters is 3. The molecule has 0 aromatic carbocycles. The van der Waals surface area contributed by atoms with E-state index in [0.29, 0.717) is 12.8 Å². The summed E-state index contributed by atoms with van der Waals surface area (Å²) in [6.07, 6.45) is 0.384. The molecule has 4 rings (SSSR count). The Bertz CT molecular complexity index is 846. The van der Waals surface area contributed by atoms with Crippen LogP contribution in [0.5, 0.6) is 0 Å². The summed E-state index contributed by atoms with van der Waals surface area (Å²) in [5.74, 6) is -1.96. The lowest BCUT2D eigenvalue weighted by molar-refractivity contribution is -0.159. The molecule has 0 bridgehead atoms. The van der Waals surface area contributed by atoms with Crippen molar-refractivity contribution in [2.75, 3.05) is 0 Å². The topological polar surface area (TPSA) is 104 Å². The van der Waals surface area contributed by atoms with Crippen molar-refractivity contribution < 1.29 is 38.1 Å². The van der Waals surface area contributed by atoms with Crippen LogP contribution < -0.4 is 0 Å². The first-order chi connectivity index (χ1) is 13.9. The number of epoxide rings is 2. The highest BCUT2D eigenvalue weighted by Crippen LogP contribution is 2.49. The maximum atomic E-state index is 12.8. The Morgan fingerprint density at radius 3 is 2.50 bits per heavy atom. The lowest BCUT2D eigenvalue weighted by Gasteiger charge is -2.30. The fourth-order valence-electron chi connectivity index (χ4n) is 4.48. The molecule has 0 spiro atoms. The number of ether oxygens (including phenoxy) is 5. The van der Waals surface area contributed by atoms with Crippen LogP contribution in [0.15, 0.2) is 23.8 Å². The van der Waals surface area contributed by atoms with Gasteiger partial charge in [0.05, 0.1) is 23.7 Å². The van der Waals surface area contributed by atoms with Gasteiger partial charge in [0, 0.05) is 25.3 Å². The summed E-state index contributed by atoms with van der Waals surface area (Å²) in [7, 11) is 0. The molecular weight excluding hydrogens is 392 g/mol. The number of carbonyl (C=O) groups is 3. The molecule has 0 radical (unpaired) electrons. The summed E-state index contributed by atoms with van der Waals surface area (Å²) >= 11 is 0. The van der Waals surface area contributed by atoms with Crippen molar-refractivity contribution in [3.63, 3.8) is 0 Å². The number of hydrogen-bond donors (Lipinski definition) is 0. The molecule has 30 heavy (non-hydrogen) atoms. The van der Waals surface area contributed by atoms with Gasteiger partial charge in [0.25, 0.3) is 0 Å². The first-order valence-electron chi connectivity index (χ1n) is 10.3.